The summed E-state index contributed by atoms with van der Waals surface area (Å²) in [7, 11) is 0. The highest BCUT2D eigenvalue weighted by molar-refractivity contribution is 5.98. The minimum Gasteiger partial charge on any atom is -0.365 e. The first-order chi connectivity index (χ1) is 11.6. The van der Waals surface area contributed by atoms with Crippen LogP contribution in [0, 0.1) is 24.2 Å². The molecule has 0 spiro atoms. The number of hydrogen-bond donors (Lipinski definition) is 2. The van der Waals surface area contributed by atoms with Crippen LogP contribution in [-0.2, 0) is 0 Å². The van der Waals surface area contributed by atoms with E-state index in [1.165, 1.54) is 0 Å². The van der Waals surface area contributed by atoms with Gasteiger partial charge < -0.3 is 11.1 Å². The van der Waals surface area contributed by atoms with E-state index in [1.54, 1.807) is 10.9 Å². The van der Waals surface area contributed by atoms with Crippen LogP contribution < -0.4 is 11.1 Å². The van der Waals surface area contributed by atoms with Gasteiger partial charge in [-0.05, 0) is 31.9 Å². The predicted octanol–water partition coefficient (Wildman–Crippen LogP) is 3.29. The van der Waals surface area contributed by atoms with Crippen molar-refractivity contribution in [3.8, 4) is 6.07 Å². The van der Waals surface area contributed by atoms with E-state index in [4.69, 9.17) is 5.73 Å². The fourth-order valence-corrected chi connectivity index (χ4v) is 3.19. The Morgan fingerprint density at radius 1 is 1.33 bits per heavy atom. The summed E-state index contributed by atoms with van der Waals surface area (Å²) < 4.78 is 1.74. The van der Waals surface area contributed by atoms with Gasteiger partial charge >= 0.3 is 0 Å². The van der Waals surface area contributed by atoms with Gasteiger partial charge in [0.05, 0.1) is 18.0 Å². The normalized spacial score (nSPS) is 20.3. The van der Waals surface area contributed by atoms with Crippen LogP contribution in [-0.4, -0.2) is 15.7 Å². The van der Waals surface area contributed by atoms with E-state index in [2.05, 4.69) is 16.5 Å². The Bertz CT molecular complexity index is 772. The van der Waals surface area contributed by atoms with Crippen molar-refractivity contribution in [2.45, 2.75) is 38.6 Å². The molecule has 124 valence electrons. The molecule has 2 atom stereocenters. The highest BCUT2D eigenvalue weighted by atomic mass is 16.1. The molecular formula is C18H21N5O. The first-order valence-corrected chi connectivity index (χ1v) is 8.20. The molecule has 3 rings (SSSR count). The molecule has 0 saturated heterocycles. The molecule has 0 radical (unpaired) electrons. The number of carbonyl (C=O) groups excluding carboxylic acids is 1. The van der Waals surface area contributed by atoms with Gasteiger partial charge in [-0.3, -0.25) is 9.48 Å². The Morgan fingerprint density at radius 3 is 2.71 bits per heavy atom. The first kappa shape index (κ1) is 16.1. The number of amides is 1. The number of aryl methyl sites for hydroxylation is 1. The monoisotopic (exact) mass is 323 g/mol. The topological polar surface area (TPSA) is 96.7 Å². The fourth-order valence-electron chi connectivity index (χ4n) is 3.19. The Balaban J connectivity index is 1.91. The number of aromatic nitrogens is 2. The average Bonchev–Trinajstić information content (AvgIpc) is 3.01. The highest BCUT2D eigenvalue weighted by Crippen LogP contribution is 2.34. The standard InChI is InChI=1S/C18H21N5O/c1-12-6-8-14(9-7-12)21-18-15(17(20)24)11-23(22-18)16-5-3-2-4-13(16)10-19/h6-9,11,13,16H,2-5H2,1H3,(H2,20,24)(H,21,22)/t13?,16-/m0/s1. The molecule has 6 nitrogen and oxygen atoms in total. The summed E-state index contributed by atoms with van der Waals surface area (Å²) in [6.45, 7) is 2.01. The molecular weight excluding hydrogens is 302 g/mol. The number of nitrogens with two attached hydrogens (primary N) is 1. The minimum atomic E-state index is -0.528. The van der Waals surface area contributed by atoms with Crippen LogP contribution >= 0.6 is 0 Å². The zero-order chi connectivity index (χ0) is 17.1. The lowest BCUT2D eigenvalue weighted by atomic mass is 9.85. The molecule has 0 aliphatic heterocycles. The van der Waals surface area contributed by atoms with Gasteiger partial charge in [-0.1, -0.05) is 30.5 Å². The second-order valence-electron chi connectivity index (χ2n) is 6.31. The van der Waals surface area contributed by atoms with E-state index >= 15 is 0 Å². The maximum atomic E-state index is 11.8. The Labute approximate surface area is 141 Å². The van der Waals surface area contributed by atoms with Gasteiger partial charge in [-0.25, -0.2) is 0 Å². The van der Waals surface area contributed by atoms with Crippen molar-refractivity contribution >= 4 is 17.4 Å². The van der Waals surface area contributed by atoms with Crippen LogP contribution in [0.3, 0.4) is 0 Å². The van der Waals surface area contributed by atoms with Crippen molar-refractivity contribution in [3.63, 3.8) is 0 Å². The number of nitrogens with zero attached hydrogens (tertiary/aromatic N) is 3. The quantitative estimate of drug-likeness (QED) is 0.902. The van der Waals surface area contributed by atoms with E-state index in [-0.39, 0.29) is 12.0 Å². The van der Waals surface area contributed by atoms with Crippen LogP contribution in [0.25, 0.3) is 0 Å². The number of benzene rings is 1. The molecule has 0 bridgehead atoms. The molecule has 1 fully saturated rings. The molecule has 1 aromatic heterocycles. The summed E-state index contributed by atoms with van der Waals surface area (Å²) in [5.41, 5.74) is 7.84. The molecule has 3 N–H and O–H groups in total. The molecule has 6 heteroatoms. The average molecular weight is 323 g/mol. The van der Waals surface area contributed by atoms with E-state index in [1.807, 2.05) is 31.2 Å². The number of hydrogen-bond acceptors (Lipinski definition) is 4. The molecule has 1 aromatic carbocycles. The van der Waals surface area contributed by atoms with Gasteiger partial charge in [0.15, 0.2) is 5.82 Å². The van der Waals surface area contributed by atoms with Crippen LogP contribution in [0.2, 0.25) is 0 Å². The largest absolute Gasteiger partial charge is 0.365 e. The highest BCUT2D eigenvalue weighted by Gasteiger charge is 2.28. The summed E-state index contributed by atoms with van der Waals surface area (Å²) in [6.07, 6.45) is 5.55. The maximum Gasteiger partial charge on any atom is 0.254 e. The van der Waals surface area contributed by atoms with Crippen LogP contribution in [0.5, 0.6) is 0 Å². The lowest BCUT2D eigenvalue weighted by Crippen LogP contribution is -2.22. The third-order valence-corrected chi connectivity index (χ3v) is 4.55. The van der Waals surface area contributed by atoms with E-state index < -0.39 is 5.91 Å². The zero-order valence-corrected chi connectivity index (χ0v) is 13.7. The molecule has 1 aliphatic carbocycles. The second-order valence-corrected chi connectivity index (χ2v) is 6.31. The smallest absolute Gasteiger partial charge is 0.254 e. The van der Waals surface area contributed by atoms with Gasteiger partial charge in [0.1, 0.15) is 5.56 Å². The lowest BCUT2D eigenvalue weighted by molar-refractivity contribution is 0.100. The number of primary amides is 1. The zero-order valence-electron chi connectivity index (χ0n) is 13.7. The summed E-state index contributed by atoms with van der Waals surface area (Å²) in [5.74, 6) is -0.166. The number of anilines is 2. The van der Waals surface area contributed by atoms with Gasteiger partial charge in [0.25, 0.3) is 5.91 Å². The maximum absolute atomic E-state index is 11.8. The summed E-state index contributed by atoms with van der Waals surface area (Å²) in [6, 6.07) is 10.2. The summed E-state index contributed by atoms with van der Waals surface area (Å²) in [5, 5.41) is 17.1. The molecule has 1 heterocycles. The molecule has 1 saturated carbocycles. The van der Waals surface area contributed by atoms with Crippen molar-refractivity contribution in [1.82, 2.24) is 9.78 Å². The Hall–Kier alpha value is -2.81. The van der Waals surface area contributed by atoms with Crippen LogP contribution in [0.1, 0.15) is 47.6 Å². The number of nitrogens with one attached hydrogen (secondary N) is 1. The molecule has 2 aromatic rings. The van der Waals surface area contributed by atoms with Gasteiger partial charge in [0, 0.05) is 11.9 Å². The minimum absolute atomic E-state index is 0.00424. The number of nitriles is 1. The summed E-state index contributed by atoms with van der Waals surface area (Å²) in [4.78, 5) is 11.8. The van der Waals surface area contributed by atoms with E-state index in [0.717, 1.165) is 36.9 Å². The first-order valence-electron chi connectivity index (χ1n) is 8.20. The second kappa shape index (κ2) is 6.75. The molecule has 24 heavy (non-hydrogen) atoms. The van der Waals surface area contributed by atoms with Crippen LogP contribution in [0.4, 0.5) is 11.5 Å². The van der Waals surface area contributed by atoms with Crippen molar-refractivity contribution in [2.24, 2.45) is 11.7 Å². The van der Waals surface area contributed by atoms with Crippen molar-refractivity contribution in [3.05, 3.63) is 41.6 Å². The Morgan fingerprint density at radius 2 is 2.04 bits per heavy atom. The van der Waals surface area contributed by atoms with Crippen LogP contribution in [0.15, 0.2) is 30.5 Å². The van der Waals surface area contributed by atoms with Gasteiger partial charge in [-0.15, -0.1) is 0 Å². The van der Waals surface area contributed by atoms with Crippen molar-refractivity contribution in [2.75, 3.05) is 5.32 Å². The third kappa shape index (κ3) is 3.25. The molecule has 1 unspecified atom stereocenters. The number of rotatable bonds is 4. The molecule has 1 aliphatic rings. The predicted molar refractivity (Wildman–Crippen MR) is 91.8 cm³/mol. The fraction of sp³-hybridized carbons (Fsp3) is 0.389. The SMILES string of the molecule is Cc1ccc(Nc2nn([C@H]3CCCCC3C#N)cc2C(N)=O)cc1. The third-order valence-electron chi connectivity index (χ3n) is 4.55. The Kier molecular flexibility index (Phi) is 4.52. The summed E-state index contributed by atoms with van der Waals surface area (Å²) >= 11 is 0. The van der Waals surface area contributed by atoms with Crippen molar-refractivity contribution < 1.29 is 4.79 Å². The number of carbonyl (C=O) groups is 1. The lowest BCUT2D eigenvalue weighted by Gasteiger charge is -2.26. The molecule has 1 amide bonds. The van der Waals surface area contributed by atoms with Gasteiger partial charge in [0.2, 0.25) is 0 Å². The van der Waals surface area contributed by atoms with E-state index in [0.29, 0.717) is 11.4 Å². The van der Waals surface area contributed by atoms with Gasteiger partial charge in [-0.2, -0.15) is 10.4 Å². The van der Waals surface area contributed by atoms with E-state index in [9.17, 15) is 10.1 Å². The van der Waals surface area contributed by atoms with Crippen molar-refractivity contribution in [1.29, 1.82) is 5.26 Å².